The van der Waals surface area contributed by atoms with Gasteiger partial charge in [-0.25, -0.2) is 0 Å². The van der Waals surface area contributed by atoms with E-state index in [1.807, 2.05) is 12.1 Å². The third kappa shape index (κ3) is 2.53. The number of rotatable bonds is 2. The molecule has 1 aromatic carbocycles. The highest BCUT2D eigenvalue weighted by Crippen LogP contribution is 2.27. The molecule has 0 saturated carbocycles. The van der Waals surface area contributed by atoms with Gasteiger partial charge in [0, 0.05) is 18.5 Å². The fraction of sp³-hybridized carbons (Fsp3) is 0.467. The van der Waals surface area contributed by atoms with Gasteiger partial charge in [-0.1, -0.05) is 5.16 Å². The number of benzene rings is 1. The highest BCUT2D eigenvalue weighted by Gasteiger charge is 2.31. The molecule has 0 aromatic heterocycles. The molecule has 112 valence electrons. The monoisotopic (exact) mass is 289 g/mol. The van der Waals surface area contributed by atoms with Gasteiger partial charge in [-0.15, -0.1) is 0 Å². The molecule has 21 heavy (non-hydrogen) atoms. The van der Waals surface area contributed by atoms with Crippen LogP contribution >= 0.6 is 0 Å². The molecule has 1 unspecified atom stereocenters. The minimum absolute atomic E-state index is 0.0685. The Morgan fingerprint density at radius 3 is 3.10 bits per heavy atom. The van der Waals surface area contributed by atoms with Crippen LogP contribution in [0.3, 0.4) is 0 Å². The third-order valence-corrected chi connectivity index (χ3v) is 4.16. The van der Waals surface area contributed by atoms with Gasteiger partial charge in [0.15, 0.2) is 5.84 Å². The van der Waals surface area contributed by atoms with Gasteiger partial charge in [-0.3, -0.25) is 4.79 Å². The summed E-state index contributed by atoms with van der Waals surface area (Å²) in [6.07, 6.45) is 3.48. The number of fused-ring (bicyclic) bond motifs is 1. The predicted molar refractivity (Wildman–Crippen MR) is 77.7 cm³/mol. The average Bonchev–Trinajstić information content (AvgIpc) is 3.01. The van der Waals surface area contributed by atoms with Crippen LogP contribution in [0.1, 0.15) is 35.2 Å². The molecule has 6 heteroatoms. The number of nitrogens with two attached hydrogens (primary N) is 1. The van der Waals surface area contributed by atoms with Gasteiger partial charge in [0.1, 0.15) is 5.75 Å². The number of likely N-dealkylation sites (tertiary alicyclic amines) is 1. The Labute approximate surface area is 123 Å². The smallest absolute Gasteiger partial charge is 0.254 e. The second-order valence-corrected chi connectivity index (χ2v) is 5.46. The van der Waals surface area contributed by atoms with Crippen LogP contribution in [0.15, 0.2) is 23.4 Å². The van der Waals surface area contributed by atoms with Crippen LogP contribution < -0.4 is 10.5 Å². The van der Waals surface area contributed by atoms with E-state index in [9.17, 15) is 4.79 Å². The minimum Gasteiger partial charge on any atom is -0.493 e. The van der Waals surface area contributed by atoms with Crippen LogP contribution in [-0.4, -0.2) is 41.0 Å². The zero-order chi connectivity index (χ0) is 14.8. The van der Waals surface area contributed by atoms with Gasteiger partial charge in [-0.05, 0) is 43.0 Å². The number of hydrogen-bond acceptors (Lipinski definition) is 4. The molecular formula is C15H19N3O3. The van der Waals surface area contributed by atoms with Gasteiger partial charge in [0.2, 0.25) is 0 Å². The highest BCUT2D eigenvalue weighted by atomic mass is 16.5. The van der Waals surface area contributed by atoms with Crippen LogP contribution in [0.25, 0.3) is 0 Å². The van der Waals surface area contributed by atoms with Gasteiger partial charge >= 0.3 is 0 Å². The van der Waals surface area contributed by atoms with E-state index in [4.69, 9.17) is 15.7 Å². The Morgan fingerprint density at radius 2 is 2.29 bits per heavy atom. The second-order valence-electron chi connectivity index (χ2n) is 5.46. The van der Waals surface area contributed by atoms with Crippen molar-refractivity contribution in [3.05, 3.63) is 29.3 Å². The fourth-order valence-electron chi connectivity index (χ4n) is 3.03. The summed E-state index contributed by atoms with van der Waals surface area (Å²) in [5.41, 5.74) is 7.43. The summed E-state index contributed by atoms with van der Waals surface area (Å²) in [4.78, 5) is 14.4. The van der Waals surface area contributed by atoms with Crippen molar-refractivity contribution in [2.75, 3.05) is 13.2 Å². The molecule has 0 radical (unpaired) electrons. The lowest BCUT2D eigenvalue weighted by Gasteiger charge is -2.34. The van der Waals surface area contributed by atoms with Crippen molar-refractivity contribution in [2.45, 2.75) is 31.7 Å². The van der Waals surface area contributed by atoms with E-state index in [-0.39, 0.29) is 17.8 Å². The predicted octanol–water partition coefficient (Wildman–Crippen LogP) is 1.36. The Bertz CT molecular complexity index is 586. The molecule has 0 aliphatic carbocycles. The maximum absolute atomic E-state index is 12.7. The molecule has 2 heterocycles. The summed E-state index contributed by atoms with van der Waals surface area (Å²) in [7, 11) is 0. The quantitative estimate of drug-likeness (QED) is 0.372. The maximum Gasteiger partial charge on any atom is 0.254 e. The summed E-state index contributed by atoms with van der Waals surface area (Å²) >= 11 is 0. The Balaban J connectivity index is 1.86. The summed E-state index contributed by atoms with van der Waals surface area (Å²) in [5.74, 6) is 0.895. The van der Waals surface area contributed by atoms with E-state index >= 15 is 0 Å². The van der Waals surface area contributed by atoms with Crippen LogP contribution in [0, 0.1) is 0 Å². The minimum atomic E-state index is -0.319. The number of hydrogen-bond donors (Lipinski definition) is 2. The van der Waals surface area contributed by atoms with Crippen LogP contribution in [0.4, 0.5) is 0 Å². The lowest BCUT2D eigenvalue weighted by molar-refractivity contribution is 0.0676. The summed E-state index contributed by atoms with van der Waals surface area (Å²) in [6, 6.07) is 5.20. The van der Waals surface area contributed by atoms with Crippen molar-refractivity contribution in [1.82, 2.24) is 4.90 Å². The van der Waals surface area contributed by atoms with Gasteiger partial charge in [0.05, 0.1) is 12.6 Å². The second kappa shape index (κ2) is 5.63. The molecule has 0 spiro atoms. The van der Waals surface area contributed by atoms with Crippen molar-refractivity contribution in [2.24, 2.45) is 10.9 Å². The zero-order valence-electron chi connectivity index (χ0n) is 11.8. The van der Waals surface area contributed by atoms with E-state index < -0.39 is 0 Å². The first-order chi connectivity index (χ1) is 10.2. The summed E-state index contributed by atoms with van der Waals surface area (Å²) < 4.78 is 5.46. The Hall–Kier alpha value is -2.24. The van der Waals surface area contributed by atoms with E-state index in [1.54, 1.807) is 11.0 Å². The Morgan fingerprint density at radius 1 is 1.43 bits per heavy atom. The first-order valence-corrected chi connectivity index (χ1v) is 7.25. The van der Waals surface area contributed by atoms with Crippen molar-refractivity contribution in [3.63, 3.8) is 0 Å². The number of nitrogens with zero attached hydrogens (tertiary/aromatic N) is 2. The van der Waals surface area contributed by atoms with Crippen LogP contribution in [0.5, 0.6) is 5.75 Å². The van der Waals surface area contributed by atoms with E-state index in [0.29, 0.717) is 18.7 Å². The molecule has 1 atom stereocenters. The number of carbonyl (C=O) groups is 1. The first-order valence-electron chi connectivity index (χ1n) is 7.25. The Kier molecular flexibility index (Phi) is 3.68. The zero-order valence-corrected chi connectivity index (χ0v) is 11.8. The summed E-state index contributed by atoms with van der Waals surface area (Å²) in [6.45, 7) is 1.30. The molecule has 2 aliphatic heterocycles. The van der Waals surface area contributed by atoms with Gasteiger partial charge in [-0.2, -0.15) is 0 Å². The largest absolute Gasteiger partial charge is 0.493 e. The van der Waals surface area contributed by atoms with Crippen molar-refractivity contribution < 1.29 is 14.7 Å². The molecule has 1 amide bonds. The number of amidine groups is 1. The van der Waals surface area contributed by atoms with E-state index in [0.717, 1.165) is 37.0 Å². The van der Waals surface area contributed by atoms with Gasteiger partial charge < -0.3 is 20.6 Å². The topological polar surface area (TPSA) is 88.2 Å². The lowest BCUT2D eigenvalue weighted by Crippen LogP contribution is -2.50. The van der Waals surface area contributed by atoms with Crippen molar-refractivity contribution in [3.8, 4) is 5.75 Å². The van der Waals surface area contributed by atoms with Crippen LogP contribution in [-0.2, 0) is 6.42 Å². The van der Waals surface area contributed by atoms with Crippen LogP contribution in [0.2, 0.25) is 0 Å². The highest BCUT2D eigenvalue weighted by molar-refractivity contribution is 5.98. The lowest BCUT2D eigenvalue weighted by atomic mass is 9.99. The van der Waals surface area contributed by atoms with Crippen molar-refractivity contribution in [1.29, 1.82) is 0 Å². The number of carbonyl (C=O) groups excluding carboxylic acids is 1. The molecule has 3 rings (SSSR count). The normalized spacial score (nSPS) is 21.8. The van der Waals surface area contributed by atoms with Gasteiger partial charge in [0.25, 0.3) is 5.91 Å². The first kappa shape index (κ1) is 13.7. The average molecular weight is 289 g/mol. The van der Waals surface area contributed by atoms with Crippen molar-refractivity contribution >= 4 is 11.7 Å². The molecule has 1 aromatic rings. The maximum atomic E-state index is 12.7. The number of amides is 1. The number of ether oxygens (including phenoxy) is 1. The molecule has 3 N–H and O–H groups in total. The molecule has 1 saturated heterocycles. The van der Waals surface area contributed by atoms with E-state index in [2.05, 4.69) is 5.16 Å². The standard InChI is InChI=1S/C15H19N3O3/c16-14(17-20)12-3-1-2-7-18(12)15(19)11-4-5-13-10(9-11)6-8-21-13/h4-5,9,12,20H,1-3,6-8H2,(H2,16,17). The molecular weight excluding hydrogens is 270 g/mol. The number of piperidine rings is 1. The summed E-state index contributed by atoms with van der Waals surface area (Å²) in [5, 5.41) is 12.0. The van der Waals surface area contributed by atoms with E-state index in [1.165, 1.54) is 0 Å². The third-order valence-electron chi connectivity index (χ3n) is 4.16. The molecule has 6 nitrogen and oxygen atoms in total. The number of oxime groups is 1. The SMILES string of the molecule is NC(=NO)C1CCCCN1C(=O)c1ccc2c(c1)CCO2. The molecule has 0 bridgehead atoms. The fourth-order valence-corrected chi connectivity index (χ4v) is 3.03. The molecule has 1 fully saturated rings. The molecule has 2 aliphatic rings.